The maximum Gasteiger partial charge on any atom is 0.216 e. The molecule has 0 unspecified atom stereocenters. The van der Waals surface area contributed by atoms with Crippen LogP contribution >= 0.6 is 0 Å². The van der Waals surface area contributed by atoms with Crippen molar-refractivity contribution in [1.82, 2.24) is 0 Å². The smallest absolute Gasteiger partial charge is 0.216 e. The molecule has 0 atom stereocenters. The second-order valence-corrected chi connectivity index (χ2v) is 6.32. The summed E-state index contributed by atoms with van der Waals surface area (Å²) in [5.41, 5.74) is -0.216. The first-order valence-electron chi connectivity index (χ1n) is 6.20. The number of rotatable bonds is 3. The first kappa shape index (κ1) is 16.0. The van der Waals surface area contributed by atoms with E-state index in [2.05, 4.69) is 53.6 Å². The van der Waals surface area contributed by atoms with Gasteiger partial charge in [0.1, 0.15) is 5.76 Å². The lowest BCUT2D eigenvalue weighted by Gasteiger charge is -2.32. The Labute approximate surface area is 106 Å². The lowest BCUT2D eigenvalue weighted by atomic mass is 9.80. The van der Waals surface area contributed by atoms with Gasteiger partial charge in [0.25, 0.3) is 0 Å². The summed E-state index contributed by atoms with van der Waals surface area (Å²) in [5, 5.41) is 3.84. The average molecular weight is 240 g/mol. The summed E-state index contributed by atoms with van der Waals surface area (Å²) < 4.78 is 5.93. The third-order valence-corrected chi connectivity index (χ3v) is 3.32. The zero-order valence-corrected chi connectivity index (χ0v) is 12.6. The molecule has 17 heavy (non-hydrogen) atoms. The number of hydrazone groups is 1. The average Bonchev–Trinajstić information content (AvgIpc) is 2.16. The van der Waals surface area contributed by atoms with Gasteiger partial charge in [-0.05, 0) is 18.9 Å². The molecule has 0 amide bonds. The van der Waals surface area contributed by atoms with Crippen LogP contribution in [0.5, 0.6) is 0 Å². The van der Waals surface area contributed by atoms with E-state index in [1.165, 1.54) is 0 Å². The highest BCUT2D eigenvalue weighted by molar-refractivity contribution is 5.82. The largest absolute Gasteiger partial charge is 0.445 e. The second kappa shape index (κ2) is 5.56. The summed E-state index contributed by atoms with van der Waals surface area (Å²) in [4.78, 5) is 0. The minimum absolute atomic E-state index is 0.0439. The third-order valence-electron chi connectivity index (χ3n) is 3.32. The Morgan fingerprint density at radius 2 is 1.65 bits per heavy atom. The Bertz CT molecular complexity index is 307. The third kappa shape index (κ3) is 4.06. The molecule has 0 rings (SSSR count). The van der Waals surface area contributed by atoms with Crippen molar-refractivity contribution in [1.29, 1.82) is 0 Å². The molecule has 3 nitrogen and oxygen atoms in total. The topological polar surface area (TPSA) is 47.6 Å². The molecule has 3 heteroatoms. The van der Waals surface area contributed by atoms with Crippen LogP contribution in [0.3, 0.4) is 0 Å². The van der Waals surface area contributed by atoms with Gasteiger partial charge in [-0.25, -0.2) is 0 Å². The molecule has 0 aromatic rings. The van der Waals surface area contributed by atoms with Gasteiger partial charge in [-0.3, -0.25) is 0 Å². The van der Waals surface area contributed by atoms with Crippen molar-refractivity contribution in [2.45, 2.75) is 55.4 Å². The van der Waals surface area contributed by atoms with Crippen molar-refractivity contribution in [3.05, 3.63) is 11.8 Å². The SMILES string of the molecule is C/C=C(\O/C(=N\N)C(C)(C)C(C)C)C(C)(C)C. The molecular formula is C14H28N2O. The van der Waals surface area contributed by atoms with Gasteiger partial charge in [0, 0.05) is 10.8 Å². The molecule has 0 aromatic heterocycles. The summed E-state index contributed by atoms with van der Waals surface area (Å²) in [6.45, 7) is 16.8. The quantitative estimate of drug-likeness (QED) is 0.267. The van der Waals surface area contributed by atoms with Crippen LogP contribution in [0.2, 0.25) is 0 Å². The fourth-order valence-electron chi connectivity index (χ4n) is 1.32. The van der Waals surface area contributed by atoms with Crippen LogP contribution in [0, 0.1) is 16.7 Å². The van der Waals surface area contributed by atoms with Gasteiger partial charge in [0.15, 0.2) is 0 Å². The van der Waals surface area contributed by atoms with E-state index in [1.54, 1.807) is 0 Å². The summed E-state index contributed by atoms with van der Waals surface area (Å²) in [6, 6.07) is 0. The first-order chi connectivity index (χ1) is 7.57. The van der Waals surface area contributed by atoms with E-state index < -0.39 is 0 Å². The first-order valence-corrected chi connectivity index (χ1v) is 6.20. The molecule has 0 heterocycles. The summed E-state index contributed by atoms with van der Waals surface area (Å²) >= 11 is 0. The molecule has 0 aliphatic carbocycles. The number of hydrogen-bond donors (Lipinski definition) is 1. The van der Waals surface area contributed by atoms with Gasteiger partial charge >= 0.3 is 0 Å². The lowest BCUT2D eigenvalue weighted by molar-refractivity contribution is 0.224. The van der Waals surface area contributed by atoms with Crippen molar-refractivity contribution in [2.24, 2.45) is 27.7 Å². The van der Waals surface area contributed by atoms with Crippen LogP contribution in [0.1, 0.15) is 55.4 Å². The van der Waals surface area contributed by atoms with Gasteiger partial charge in [0.05, 0.1) is 0 Å². The molecule has 2 N–H and O–H groups in total. The molecule has 0 aromatic carbocycles. The highest BCUT2D eigenvalue weighted by Crippen LogP contribution is 2.33. The predicted molar refractivity (Wildman–Crippen MR) is 74.5 cm³/mol. The number of ether oxygens (including phenoxy) is 1. The van der Waals surface area contributed by atoms with Crippen LogP contribution in [0.25, 0.3) is 0 Å². The normalized spacial score (nSPS) is 15.4. The Morgan fingerprint density at radius 1 is 1.18 bits per heavy atom. The zero-order valence-electron chi connectivity index (χ0n) is 12.6. The van der Waals surface area contributed by atoms with Gasteiger partial charge in [-0.2, -0.15) is 0 Å². The van der Waals surface area contributed by atoms with Gasteiger partial charge < -0.3 is 10.6 Å². The molecule has 0 aliphatic heterocycles. The highest BCUT2D eigenvalue weighted by atomic mass is 16.5. The van der Waals surface area contributed by atoms with Gasteiger partial charge in [-0.15, -0.1) is 5.10 Å². The minimum Gasteiger partial charge on any atom is -0.445 e. The molecule has 0 fully saturated rings. The number of nitrogens with zero attached hydrogens (tertiary/aromatic N) is 1. The fraction of sp³-hybridized carbons (Fsp3) is 0.786. The highest BCUT2D eigenvalue weighted by Gasteiger charge is 2.33. The van der Waals surface area contributed by atoms with E-state index >= 15 is 0 Å². The number of allylic oxidation sites excluding steroid dienone is 2. The van der Waals surface area contributed by atoms with Crippen molar-refractivity contribution in [2.75, 3.05) is 0 Å². The summed E-state index contributed by atoms with van der Waals surface area (Å²) in [5.74, 6) is 7.38. The van der Waals surface area contributed by atoms with Crippen molar-refractivity contribution >= 4 is 5.90 Å². The summed E-state index contributed by atoms with van der Waals surface area (Å²) in [6.07, 6.45) is 1.97. The van der Waals surface area contributed by atoms with Crippen LogP contribution in [-0.4, -0.2) is 5.90 Å². The zero-order chi connectivity index (χ0) is 13.9. The van der Waals surface area contributed by atoms with Crippen LogP contribution < -0.4 is 5.84 Å². The van der Waals surface area contributed by atoms with Crippen LogP contribution in [0.15, 0.2) is 16.9 Å². The molecule has 0 aliphatic rings. The maximum atomic E-state index is 5.93. The van der Waals surface area contributed by atoms with Crippen LogP contribution in [0.4, 0.5) is 0 Å². The second-order valence-electron chi connectivity index (χ2n) is 6.32. The van der Waals surface area contributed by atoms with Gasteiger partial charge in [-0.1, -0.05) is 48.5 Å². The fourth-order valence-corrected chi connectivity index (χ4v) is 1.32. The maximum absolute atomic E-state index is 5.93. The lowest BCUT2D eigenvalue weighted by Crippen LogP contribution is -2.34. The van der Waals surface area contributed by atoms with E-state index in [0.29, 0.717) is 11.8 Å². The molecule has 0 saturated heterocycles. The van der Waals surface area contributed by atoms with Crippen molar-refractivity contribution < 1.29 is 4.74 Å². The Kier molecular flexibility index (Phi) is 5.24. The monoisotopic (exact) mass is 240 g/mol. The Hall–Kier alpha value is -0.990. The van der Waals surface area contributed by atoms with E-state index in [1.807, 2.05) is 13.0 Å². The number of hydrogen-bond acceptors (Lipinski definition) is 3. The van der Waals surface area contributed by atoms with E-state index in [0.717, 1.165) is 5.76 Å². The molecule has 0 radical (unpaired) electrons. The number of nitrogens with two attached hydrogens (primary N) is 1. The summed E-state index contributed by atoms with van der Waals surface area (Å²) in [7, 11) is 0. The molecular weight excluding hydrogens is 212 g/mol. The minimum atomic E-state index is -0.172. The van der Waals surface area contributed by atoms with Crippen LogP contribution in [-0.2, 0) is 4.74 Å². The molecule has 100 valence electrons. The van der Waals surface area contributed by atoms with E-state index in [-0.39, 0.29) is 10.8 Å². The van der Waals surface area contributed by atoms with E-state index in [4.69, 9.17) is 10.6 Å². The molecule has 0 saturated carbocycles. The predicted octanol–water partition coefficient (Wildman–Crippen LogP) is 3.91. The Balaban J connectivity index is 5.11. The standard InChI is InChI=1S/C14H28N2O/c1-9-11(13(4,5)6)17-12(16-15)14(7,8)10(2)3/h9-10H,15H2,1-8H3/b11-9-,16-12-. The van der Waals surface area contributed by atoms with Crippen molar-refractivity contribution in [3.63, 3.8) is 0 Å². The Morgan fingerprint density at radius 3 is 1.88 bits per heavy atom. The molecule has 0 bridgehead atoms. The van der Waals surface area contributed by atoms with E-state index in [9.17, 15) is 0 Å². The van der Waals surface area contributed by atoms with Crippen molar-refractivity contribution in [3.8, 4) is 0 Å². The molecule has 0 spiro atoms. The van der Waals surface area contributed by atoms with Gasteiger partial charge in [0.2, 0.25) is 5.90 Å².